The Morgan fingerprint density at radius 2 is 2.44 bits per heavy atom. The molecule has 2 aliphatic heterocycles. The van der Waals surface area contributed by atoms with E-state index in [2.05, 4.69) is 23.0 Å². The molecule has 92 valence electrons. The van der Waals surface area contributed by atoms with Gasteiger partial charge in [0.25, 0.3) is 0 Å². The van der Waals surface area contributed by atoms with Gasteiger partial charge in [0.05, 0.1) is 0 Å². The fourth-order valence-corrected chi connectivity index (χ4v) is 3.22. The van der Waals surface area contributed by atoms with E-state index in [9.17, 15) is 4.79 Å². The number of rotatable bonds is 3. The second kappa shape index (κ2) is 5.35. The molecule has 2 saturated heterocycles. The molecule has 0 aliphatic carbocycles. The van der Waals surface area contributed by atoms with Crippen LogP contribution in [0.2, 0.25) is 0 Å². The van der Waals surface area contributed by atoms with E-state index in [0.29, 0.717) is 6.04 Å². The van der Waals surface area contributed by atoms with Gasteiger partial charge in [-0.15, -0.1) is 11.8 Å². The lowest BCUT2D eigenvalue weighted by atomic mass is 10.2. The second-order valence-electron chi connectivity index (χ2n) is 4.39. The highest BCUT2D eigenvalue weighted by Crippen LogP contribution is 2.18. The summed E-state index contributed by atoms with van der Waals surface area (Å²) in [6.45, 7) is 3.09. The summed E-state index contributed by atoms with van der Waals surface area (Å²) >= 11 is 1.78. The first-order valence-corrected chi connectivity index (χ1v) is 6.89. The average Bonchev–Trinajstić information content (AvgIpc) is 2.87. The van der Waals surface area contributed by atoms with E-state index >= 15 is 0 Å². The summed E-state index contributed by atoms with van der Waals surface area (Å²) in [6, 6.07) is 0.475. The summed E-state index contributed by atoms with van der Waals surface area (Å²) in [4.78, 5) is 11.9. The minimum Gasteiger partial charge on any atom is -0.330 e. The molecule has 2 heterocycles. The molecule has 3 N–H and O–H groups in total. The molecule has 0 radical (unpaired) electrons. The Labute approximate surface area is 101 Å². The lowest BCUT2D eigenvalue weighted by molar-refractivity contribution is -0.123. The number of hydrogen-bond donors (Lipinski definition) is 3. The molecule has 0 saturated carbocycles. The smallest absolute Gasteiger partial charge is 0.240 e. The first-order chi connectivity index (χ1) is 7.69. The molecule has 0 bridgehead atoms. The lowest BCUT2D eigenvalue weighted by Crippen LogP contribution is -2.50. The molecule has 0 aromatic carbocycles. The highest BCUT2D eigenvalue weighted by Gasteiger charge is 2.29. The molecule has 2 aliphatic rings. The van der Waals surface area contributed by atoms with Gasteiger partial charge in [0.1, 0.15) is 11.5 Å². The van der Waals surface area contributed by atoms with E-state index in [4.69, 9.17) is 0 Å². The number of nitrogens with zero attached hydrogens (tertiary/aromatic N) is 1. The van der Waals surface area contributed by atoms with Crippen LogP contribution in [0.1, 0.15) is 19.8 Å². The highest BCUT2D eigenvalue weighted by atomic mass is 32.2. The largest absolute Gasteiger partial charge is 0.330 e. The molecule has 0 aromatic rings. The topological polar surface area (TPSA) is 56.4 Å². The van der Waals surface area contributed by atoms with Crippen LogP contribution in [0.3, 0.4) is 0 Å². The molecule has 0 spiro atoms. The first kappa shape index (κ1) is 12.2. The Morgan fingerprint density at radius 1 is 1.62 bits per heavy atom. The summed E-state index contributed by atoms with van der Waals surface area (Å²) in [7, 11) is 1.96. The van der Waals surface area contributed by atoms with Crippen LogP contribution in [-0.2, 0) is 4.79 Å². The van der Waals surface area contributed by atoms with Crippen LogP contribution in [-0.4, -0.2) is 47.8 Å². The van der Waals surface area contributed by atoms with Crippen LogP contribution in [0.25, 0.3) is 0 Å². The number of thioether (sulfide) groups is 1. The van der Waals surface area contributed by atoms with Gasteiger partial charge in [-0.3, -0.25) is 10.1 Å². The van der Waals surface area contributed by atoms with E-state index in [-0.39, 0.29) is 17.4 Å². The number of carbonyl (C=O) groups excluding carboxylic acids is 1. The molecule has 0 aromatic heterocycles. The van der Waals surface area contributed by atoms with Crippen molar-refractivity contribution in [1.29, 1.82) is 0 Å². The van der Waals surface area contributed by atoms with E-state index in [1.54, 1.807) is 11.8 Å². The summed E-state index contributed by atoms with van der Waals surface area (Å²) in [5.74, 6) is 1.19. The maximum Gasteiger partial charge on any atom is 0.240 e. The van der Waals surface area contributed by atoms with E-state index in [1.807, 2.05) is 12.1 Å². The van der Waals surface area contributed by atoms with E-state index in [1.165, 1.54) is 0 Å². The SMILES string of the molecule is CCC1CSC(NC(=O)C2CCN(C)N2)N1. The van der Waals surface area contributed by atoms with Crippen LogP contribution in [0, 0.1) is 0 Å². The van der Waals surface area contributed by atoms with Gasteiger partial charge in [-0.25, -0.2) is 10.4 Å². The molecule has 1 amide bonds. The molecule has 2 rings (SSSR count). The van der Waals surface area contributed by atoms with Crippen molar-refractivity contribution in [2.75, 3.05) is 19.3 Å². The van der Waals surface area contributed by atoms with Crippen molar-refractivity contribution in [3.8, 4) is 0 Å². The zero-order chi connectivity index (χ0) is 11.5. The van der Waals surface area contributed by atoms with Crippen molar-refractivity contribution in [2.24, 2.45) is 0 Å². The van der Waals surface area contributed by atoms with Crippen molar-refractivity contribution >= 4 is 17.7 Å². The summed E-state index contributed by atoms with van der Waals surface area (Å²) in [5, 5.41) is 8.39. The molecule has 3 unspecified atom stereocenters. The van der Waals surface area contributed by atoms with Gasteiger partial charge >= 0.3 is 0 Å². The lowest BCUT2D eigenvalue weighted by Gasteiger charge is -2.17. The van der Waals surface area contributed by atoms with Gasteiger partial charge in [-0.05, 0) is 12.8 Å². The zero-order valence-electron chi connectivity index (χ0n) is 9.82. The maximum atomic E-state index is 11.9. The van der Waals surface area contributed by atoms with Crippen LogP contribution in [0.4, 0.5) is 0 Å². The van der Waals surface area contributed by atoms with Crippen LogP contribution in [0.15, 0.2) is 0 Å². The van der Waals surface area contributed by atoms with Crippen molar-refractivity contribution in [3.05, 3.63) is 0 Å². The van der Waals surface area contributed by atoms with Crippen LogP contribution < -0.4 is 16.1 Å². The summed E-state index contributed by atoms with van der Waals surface area (Å²) in [6.07, 6.45) is 2.00. The highest BCUT2D eigenvalue weighted by molar-refractivity contribution is 8.00. The molecular weight excluding hydrogens is 224 g/mol. The van der Waals surface area contributed by atoms with Gasteiger partial charge in [0.2, 0.25) is 5.91 Å². The van der Waals surface area contributed by atoms with Crippen molar-refractivity contribution < 1.29 is 4.79 Å². The third-order valence-corrected chi connectivity index (χ3v) is 4.25. The Balaban J connectivity index is 1.75. The third-order valence-electron chi connectivity index (χ3n) is 3.06. The summed E-state index contributed by atoms with van der Waals surface area (Å²) < 4.78 is 0. The summed E-state index contributed by atoms with van der Waals surface area (Å²) in [5.41, 5.74) is 3.23. The molecule has 16 heavy (non-hydrogen) atoms. The Morgan fingerprint density at radius 3 is 3.00 bits per heavy atom. The standard InChI is InChI=1S/C10H20N4OS/c1-3-7-6-16-10(11-7)12-9(15)8-4-5-14(2)13-8/h7-8,10-11,13H,3-6H2,1-2H3,(H,12,15). The van der Waals surface area contributed by atoms with Crippen molar-refractivity contribution in [2.45, 2.75) is 37.3 Å². The van der Waals surface area contributed by atoms with Crippen molar-refractivity contribution in [1.82, 2.24) is 21.1 Å². The van der Waals surface area contributed by atoms with Gasteiger partial charge < -0.3 is 5.32 Å². The quantitative estimate of drug-likeness (QED) is 0.637. The van der Waals surface area contributed by atoms with Gasteiger partial charge in [0, 0.05) is 25.4 Å². The molecule has 6 heteroatoms. The zero-order valence-corrected chi connectivity index (χ0v) is 10.6. The third kappa shape index (κ3) is 2.88. The van der Waals surface area contributed by atoms with Gasteiger partial charge in [-0.1, -0.05) is 6.92 Å². The monoisotopic (exact) mass is 244 g/mol. The average molecular weight is 244 g/mol. The van der Waals surface area contributed by atoms with Crippen LogP contribution >= 0.6 is 11.8 Å². The van der Waals surface area contributed by atoms with Gasteiger partial charge in [0.15, 0.2) is 0 Å². The number of nitrogens with one attached hydrogen (secondary N) is 3. The molecular formula is C10H20N4OS. The van der Waals surface area contributed by atoms with E-state index < -0.39 is 0 Å². The second-order valence-corrected chi connectivity index (χ2v) is 5.52. The first-order valence-electron chi connectivity index (χ1n) is 5.84. The number of hydrazine groups is 1. The predicted molar refractivity (Wildman–Crippen MR) is 65.8 cm³/mol. The Kier molecular flexibility index (Phi) is 4.07. The van der Waals surface area contributed by atoms with Crippen LogP contribution in [0.5, 0.6) is 0 Å². The fraction of sp³-hybridized carbons (Fsp3) is 0.900. The Hall–Kier alpha value is -0.300. The van der Waals surface area contributed by atoms with Gasteiger partial charge in [-0.2, -0.15) is 0 Å². The molecule has 2 fully saturated rings. The number of carbonyl (C=O) groups is 1. The number of amides is 1. The fourth-order valence-electron chi connectivity index (χ4n) is 1.98. The molecule has 3 atom stereocenters. The van der Waals surface area contributed by atoms with E-state index in [0.717, 1.165) is 25.1 Å². The number of hydrogen-bond acceptors (Lipinski definition) is 5. The van der Waals surface area contributed by atoms with Crippen molar-refractivity contribution in [3.63, 3.8) is 0 Å². The molecule has 5 nitrogen and oxygen atoms in total. The minimum atomic E-state index is -0.0620. The Bertz CT molecular complexity index is 263. The maximum absolute atomic E-state index is 11.9. The predicted octanol–water partition coefficient (Wildman–Crippen LogP) is -0.290. The minimum absolute atomic E-state index is 0.0620. The normalized spacial score (nSPS) is 35.5.